The van der Waals surface area contributed by atoms with Crippen LogP contribution in [0.5, 0.6) is 5.75 Å². The summed E-state index contributed by atoms with van der Waals surface area (Å²) in [5.74, 6) is -0.0763. The second-order valence-corrected chi connectivity index (χ2v) is 7.40. The Morgan fingerprint density at radius 3 is 2.52 bits per heavy atom. The lowest BCUT2D eigenvalue weighted by Gasteiger charge is -2.19. The fourth-order valence-corrected chi connectivity index (χ4v) is 3.46. The van der Waals surface area contributed by atoms with Gasteiger partial charge in [0.15, 0.2) is 11.9 Å². The van der Waals surface area contributed by atoms with Crippen LogP contribution in [0.4, 0.5) is 5.69 Å². The minimum absolute atomic E-state index is 0.0120. The van der Waals surface area contributed by atoms with Crippen molar-refractivity contribution in [2.24, 2.45) is 0 Å². The number of halogens is 1. The van der Waals surface area contributed by atoms with Crippen LogP contribution in [0.15, 0.2) is 88.1 Å². The maximum Gasteiger partial charge on any atom is 0.265 e. The van der Waals surface area contributed by atoms with Gasteiger partial charge in [-0.2, -0.15) is 0 Å². The minimum Gasteiger partial charge on any atom is -0.473 e. The quantitative estimate of drug-likeness (QED) is 0.410. The number of benzene rings is 3. The van der Waals surface area contributed by atoms with E-state index in [1.165, 1.54) is 0 Å². The second-order valence-electron chi connectivity index (χ2n) is 6.97. The number of ether oxygens (including phenoxy) is 1. The Balaban J connectivity index is 1.74. The first-order chi connectivity index (χ1) is 15.1. The molecule has 1 heterocycles. The molecule has 1 aromatic heterocycles. The van der Waals surface area contributed by atoms with Gasteiger partial charge in [-0.05, 0) is 36.8 Å². The summed E-state index contributed by atoms with van der Waals surface area (Å²) in [7, 11) is 0. The van der Waals surface area contributed by atoms with E-state index in [9.17, 15) is 9.59 Å². The standard InChI is InChI=1S/C25H20ClNO4/c1-2-20(25(29)27-18-12-8-11-17(26)15-18)30-24-22(28)19-13-6-7-14-21(19)31-23(24)16-9-4-3-5-10-16/h3-15,20H,2H2,1H3,(H,27,29). The van der Waals surface area contributed by atoms with Gasteiger partial charge in [-0.15, -0.1) is 0 Å². The Hall–Kier alpha value is -3.57. The Kier molecular flexibility index (Phi) is 6.05. The fourth-order valence-electron chi connectivity index (χ4n) is 3.27. The molecule has 4 aromatic rings. The van der Waals surface area contributed by atoms with Crippen molar-refractivity contribution < 1.29 is 13.9 Å². The van der Waals surface area contributed by atoms with E-state index in [0.29, 0.717) is 39.4 Å². The predicted molar refractivity (Wildman–Crippen MR) is 123 cm³/mol. The van der Waals surface area contributed by atoms with Gasteiger partial charge in [-0.1, -0.05) is 67.1 Å². The van der Waals surface area contributed by atoms with Crippen molar-refractivity contribution in [1.29, 1.82) is 0 Å². The van der Waals surface area contributed by atoms with Crippen molar-refractivity contribution in [2.75, 3.05) is 5.32 Å². The molecule has 31 heavy (non-hydrogen) atoms. The molecule has 1 unspecified atom stereocenters. The fraction of sp³-hybridized carbons (Fsp3) is 0.120. The van der Waals surface area contributed by atoms with Gasteiger partial charge in [0.05, 0.1) is 5.39 Å². The number of amides is 1. The summed E-state index contributed by atoms with van der Waals surface area (Å²) in [6.07, 6.45) is -0.544. The van der Waals surface area contributed by atoms with E-state index in [1.807, 2.05) is 37.3 Å². The number of carbonyl (C=O) groups excluding carboxylic acids is 1. The van der Waals surface area contributed by atoms with Crippen LogP contribution in [0.1, 0.15) is 13.3 Å². The molecular formula is C25H20ClNO4. The Morgan fingerprint density at radius 2 is 1.77 bits per heavy atom. The van der Waals surface area contributed by atoms with E-state index < -0.39 is 6.10 Å². The third kappa shape index (κ3) is 4.47. The highest BCUT2D eigenvalue weighted by atomic mass is 35.5. The predicted octanol–water partition coefficient (Wildman–Crippen LogP) is 5.91. The highest BCUT2D eigenvalue weighted by Crippen LogP contribution is 2.31. The van der Waals surface area contributed by atoms with Gasteiger partial charge in [0.2, 0.25) is 11.2 Å². The normalized spacial score (nSPS) is 11.8. The van der Waals surface area contributed by atoms with E-state index in [4.69, 9.17) is 20.8 Å². The lowest BCUT2D eigenvalue weighted by molar-refractivity contribution is -0.122. The number of nitrogens with one attached hydrogen (secondary N) is 1. The molecule has 1 atom stereocenters. The number of hydrogen-bond acceptors (Lipinski definition) is 4. The van der Waals surface area contributed by atoms with Crippen molar-refractivity contribution in [3.63, 3.8) is 0 Å². The SMILES string of the molecule is CCC(Oc1c(-c2ccccc2)oc2ccccc2c1=O)C(=O)Nc1cccc(Cl)c1. The van der Waals surface area contributed by atoms with Gasteiger partial charge >= 0.3 is 0 Å². The molecule has 0 aliphatic rings. The number of hydrogen-bond donors (Lipinski definition) is 1. The van der Waals surface area contributed by atoms with E-state index in [1.54, 1.807) is 48.5 Å². The maximum atomic E-state index is 13.3. The highest BCUT2D eigenvalue weighted by molar-refractivity contribution is 6.30. The number of fused-ring (bicyclic) bond motifs is 1. The molecule has 3 aromatic carbocycles. The van der Waals surface area contributed by atoms with Crippen LogP contribution >= 0.6 is 11.6 Å². The Morgan fingerprint density at radius 1 is 1.03 bits per heavy atom. The summed E-state index contributed by atoms with van der Waals surface area (Å²) in [6, 6.07) is 23.0. The van der Waals surface area contributed by atoms with Gasteiger partial charge in [0.25, 0.3) is 5.91 Å². The van der Waals surface area contributed by atoms with Crippen LogP contribution in [0, 0.1) is 0 Å². The molecule has 1 N–H and O–H groups in total. The first-order valence-corrected chi connectivity index (χ1v) is 10.3. The Bertz CT molecular complexity index is 1280. The zero-order valence-corrected chi connectivity index (χ0v) is 17.6. The summed E-state index contributed by atoms with van der Waals surface area (Å²) in [5, 5.41) is 3.69. The van der Waals surface area contributed by atoms with Crippen molar-refractivity contribution in [1.82, 2.24) is 0 Å². The van der Waals surface area contributed by atoms with E-state index in [0.717, 1.165) is 0 Å². The molecule has 156 valence electrons. The molecule has 0 saturated heterocycles. The molecular weight excluding hydrogens is 414 g/mol. The summed E-state index contributed by atoms with van der Waals surface area (Å²) < 4.78 is 12.0. The van der Waals surface area contributed by atoms with Crippen LogP contribution in [0.25, 0.3) is 22.3 Å². The smallest absolute Gasteiger partial charge is 0.265 e. The molecule has 6 heteroatoms. The zero-order chi connectivity index (χ0) is 21.8. The maximum absolute atomic E-state index is 13.3. The highest BCUT2D eigenvalue weighted by Gasteiger charge is 2.25. The summed E-state index contributed by atoms with van der Waals surface area (Å²) in [5.41, 5.74) is 1.36. The van der Waals surface area contributed by atoms with Crippen LogP contribution in [-0.2, 0) is 4.79 Å². The molecule has 0 saturated carbocycles. The van der Waals surface area contributed by atoms with Crippen molar-refractivity contribution in [3.05, 3.63) is 94.1 Å². The van der Waals surface area contributed by atoms with E-state index in [-0.39, 0.29) is 17.1 Å². The molecule has 5 nitrogen and oxygen atoms in total. The molecule has 1 amide bonds. The average molecular weight is 434 g/mol. The number of anilines is 1. The summed E-state index contributed by atoms with van der Waals surface area (Å²) in [6.45, 7) is 1.81. The van der Waals surface area contributed by atoms with Gasteiger partial charge in [0, 0.05) is 16.3 Å². The van der Waals surface area contributed by atoms with Crippen LogP contribution in [0.2, 0.25) is 5.02 Å². The van der Waals surface area contributed by atoms with Crippen LogP contribution < -0.4 is 15.5 Å². The lowest BCUT2D eigenvalue weighted by atomic mass is 10.1. The number of carbonyl (C=O) groups is 1. The molecule has 0 radical (unpaired) electrons. The number of para-hydroxylation sites is 1. The first kappa shape index (κ1) is 20.7. The first-order valence-electron chi connectivity index (χ1n) is 9.91. The third-order valence-electron chi connectivity index (χ3n) is 4.81. The summed E-state index contributed by atoms with van der Waals surface area (Å²) >= 11 is 6.00. The zero-order valence-electron chi connectivity index (χ0n) is 16.8. The van der Waals surface area contributed by atoms with Gasteiger partial charge < -0.3 is 14.5 Å². The Labute approximate surface area is 184 Å². The minimum atomic E-state index is -0.898. The van der Waals surface area contributed by atoms with Crippen molar-refractivity contribution in [2.45, 2.75) is 19.4 Å². The van der Waals surface area contributed by atoms with Crippen LogP contribution in [-0.4, -0.2) is 12.0 Å². The molecule has 0 fully saturated rings. The molecule has 0 aliphatic heterocycles. The largest absolute Gasteiger partial charge is 0.473 e. The van der Waals surface area contributed by atoms with E-state index >= 15 is 0 Å². The monoisotopic (exact) mass is 433 g/mol. The second kappa shape index (κ2) is 9.06. The van der Waals surface area contributed by atoms with Crippen molar-refractivity contribution >= 4 is 34.2 Å². The summed E-state index contributed by atoms with van der Waals surface area (Å²) in [4.78, 5) is 26.1. The topological polar surface area (TPSA) is 68.5 Å². The van der Waals surface area contributed by atoms with Crippen LogP contribution in [0.3, 0.4) is 0 Å². The molecule has 0 bridgehead atoms. The third-order valence-corrected chi connectivity index (χ3v) is 5.04. The average Bonchev–Trinajstić information content (AvgIpc) is 2.79. The molecule has 4 rings (SSSR count). The van der Waals surface area contributed by atoms with Gasteiger partial charge in [0.1, 0.15) is 5.58 Å². The van der Waals surface area contributed by atoms with Gasteiger partial charge in [-0.3, -0.25) is 9.59 Å². The lowest BCUT2D eigenvalue weighted by Crippen LogP contribution is -2.34. The van der Waals surface area contributed by atoms with Crippen molar-refractivity contribution in [3.8, 4) is 17.1 Å². The van der Waals surface area contributed by atoms with E-state index in [2.05, 4.69) is 5.32 Å². The van der Waals surface area contributed by atoms with Gasteiger partial charge in [-0.25, -0.2) is 0 Å². The molecule has 0 aliphatic carbocycles. The number of rotatable bonds is 6. The molecule has 0 spiro atoms.